The number of imide groups is 2. The van der Waals surface area contributed by atoms with Crippen LogP contribution < -0.4 is 20.3 Å². The summed E-state index contributed by atoms with van der Waals surface area (Å²) in [6, 6.07) is 11.6. The van der Waals surface area contributed by atoms with Gasteiger partial charge in [-0.15, -0.1) is 10.2 Å². The van der Waals surface area contributed by atoms with Crippen LogP contribution >= 0.6 is 11.6 Å². The quantitative estimate of drug-likeness (QED) is 0.302. The SMILES string of the molecule is N#Cc1ccc(OC2CCC(N3C(=O)CC[C@@H](N4C(=O)c5cc(F)c(N6C[C@@H]7CC[C@@H]6CN7CC6CCN(c7ccc(C(N)=O)nn7)CC6)cc5C4=O)C3=O)CC2)cc1Cl. The average molecular weight is 838 g/mol. The van der Waals surface area contributed by atoms with Crippen molar-refractivity contribution in [3.8, 4) is 11.8 Å². The van der Waals surface area contributed by atoms with Gasteiger partial charge in [-0.1, -0.05) is 11.6 Å². The third-order valence-corrected chi connectivity index (χ3v) is 13.7. The predicted molar refractivity (Wildman–Crippen MR) is 216 cm³/mol. The molecule has 5 saturated heterocycles. The van der Waals surface area contributed by atoms with Crippen molar-refractivity contribution in [2.24, 2.45) is 11.7 Å². The molecule has 15 nitrogen and oxygen atoms in total. The number of piperazine rings is 1. The minimum Gasteiger partial charge on any atom is -0.490 e. The number of ether oxygens (including phenoxy) is 1. The first kappa shape index (κ1) is 39.8. The maximum atomic E-state index is 16.1. The number of rotatable bonds is 9. The summed E-state index contributed by atoms with van der Waals surface area (Å²) in [4.78, 5) is 75.5. The Bertz CT molecular complexity index is 2290. The lowest BCUT2D eigenvalue weighted by atomic mass is 9.87. The highest BCUT2D eigenvalue weighted by molar-refractivity contribution is 6.31. The van der Waals surface area contributed by atoms with Crippen LogP contribution in [0, 0.1) is 23.1 Å². The molecule has 1 saturated carbocycles. The highest BCUT2D eigenvalue weighted by Gasteiger charge is 2.50. The fourth-order valence-corrected chi connectivity index (χ4v) is 10.4. The van der Waals surface area contributed by atoms with Crippen LogP contribution in [0.25, 0.3) is 0 Å². The number of hydrogen-bond acceptors (Lipinski definition) is 12. The number of anilines is 2. The molecule has 312 valence electrons. The van der Waals surface area contributed by atoms with Crippen LogP contribution in [0.2, 0.25) is 5.02 Å². The molecular weight excluding hydrogens is 793 g/mol. The number of nitrogens with two attached hydrogens (primary N) is 1. The number of carbonyl (C=O) groups excluding carboxylic acids is 5. The van der Waals surface area contributed by atoms with Crippen LogP contribution in [0.4, 0.5) is 15.9 Å². The first-order chi connectivity index (χ1) is 29.0. The van der Waals surface area contributed by atoms with Crippen molar-refractivity contribution in [3.63, 3.8) is 0 Å². The van der Waals surface area contributed by atoms with Gasteiger partial charge in [0, 0.05) is 63.3 Å². The number of halogens is 2. The summed E-state index contributed by atoms with van der Waals surface area (Å²) in [6.45, 7) is 3.94. The molecule has 3 atom stereocenters. The van der Waals surface area contributed by atoms with Crippen LogP contribution in [-0.2, 0) is 9.59 Å². The minimum absolute atomic E-state index is 0.00304. The minimum atomic E-state index is -1.17. The van der Waals surface area contributed by atoms with Gasteiger partial charge in [0.15, 0.2) is 11.5 Å². The zero-order valence-corrected chi connectivity index (χ0v) is 33.7. The molecule has 0 spiro atoms. The number of piperidine rings is 4. The highest BCUT2D eigenvalue weighted by atomic mass is 35.5. The fraction of sp³-hybridized carbons (Fsp3) is 0.488. The molecule has 17 heteroatoms. The van der Waals surface area contributed by atoms with Crippen LogP contribution in [0.1, 0.15) is 101 Å². The molecule has 1 aliphatic carbocycles. The Hall–Kier alpha value is -5.66. The van der Waals surface area contributed by atoms with Crippen molar-refractivity contribution in [3.05, 3.63) is 75.7 Å². The summed E-state index contributed by atoms with van der Waals surface area (Å²) >= 11 is 6.17. The summed E-state index contributed by atoms with van der Waals surface area (Å²) < 4.78 is 22.2. The standard InChI is InChI=1S/C43H45ClFN9O6/c44-33-17-30(6-1-25(33)20-46)60-29-7-4-26(5-8-29)53-39(55)12-10-36(43(53)59)54-41(57)31-18-34(45)37(19-32(31)42(54)58)52-23-27-2-3-28(52)22-51(27)21-24-13-15-50(16-14-24)38-11-9-35(40(47)56)48-49-38/h1,6,9,11,17-19,24,26-29,36H,2-5,7-8,10,12-16,21-23H2,(H2,47,56)/t26?,27-,28+,29?,36+/m0/s1. The lowest BCUT2D eigenvalue weighted by Gasteiger charge is -2.53. The molecule has 1 aromatic heterocycles. The second-order valence-electron chi connectivity index (χ2n) is 16.9. The number of primary amides is 1. The van der Waals surface area contributed by atoms with Gasteiger partial charge >= 0.3 is 0 Å². The number of hydrogen-bond donors (Lipinski definition) is 1. The number of carbonyl (C=O) groups is 5. The number of benzene rings is 2. The van der Waals surface area contributed by atoms with Gasteiger partial charge in [0.2, 0.25) is 5.91 Å². The summed E-state index contributed by atoms with van der Waals surface area (Å²) in [5, 5.41) is 17.6. The maximum Gasteiger partial charge on any atom is 0.269 e. The summed E-state index contributed by atoms with van der Waals surface area (Å²) in [5.74, 6) is -1.75. The van der Waals surface area contributed by atoms with E-state index in [1.54, 1.807) is 30.3 Å². The number of likely N-dealkylation sites (tertiary alicyclic amines) is 1. The van der Waals surface area contributed by atoms with Crippen molar-refractivity contribution in [1.29, 1.82) is 5.26 Å². The molecule has 6 aliphatic heterocycles. The van der Waals surface area contributed by atoms with Crippen molar-refractivity contribution in [2.45, 2.75) is 94.5 Å². The largest absolute Gasteiger partial charge is 0.490 e. The van der Waals surface area contributed by atoms with Gasteiger partial charge in [-0.3, -0.25) is 38.7 Å². The Morgan fingerprint density at radius 1 is 0.850 bits per heavy atom. The van der Waals surface area contributed by atoms with E-state index in [4.69, 9.17) is 27.3 Å². The van der Waals surface area contributed by atoms with E-state index < -0.39 is 41.5 Å². The molecule has 2 N–H and O–H groups in total. The van der Waals surface area contributed by atoms with Crippen molar-refractivity contribution in [2.75, 3.05) is 42.5 Å². The van der Waals surface area contributed by atoms with Gasteiger partial charge in [0.25, 0.3) is 23.6 Å². The topological polar surface area (TPSA) is 186 Å². The molecule has 0 radical (unpaired) electrons. The molecule has 0 unspecified atom stereocenters. The highest BCUT2D eigenvalue weighted by Crippen LogP contribution is 2.40. The first-order valence-electron chi connectivity index (χ1n) is 20.8. The Labute approximate surface area is 351 Å². The smallest absolute Gasteiger partial charge is 0.269 e. The Balaban J connectivity index is 0.821. The van der Waals surface area contributed by atoms with Crippen LogP contribution in [0.3, 0.4) is 0 Å². The van der Waals surface area contributed by atoms with E-state index in [2.05, 4.69) is 20.0 Å². The zero-order valence-electron chi connectivity index (χ0n) is 33.0. The van der Waals surface area contributed by atoms with Gasteiger partial charge in [-0.05, 0) is 100 Å². The second kappa shape index (κ2) is 16.1. The van der Waals surface area contributed by atoms with Crippen molar-refractivity contribution >= 4 is 52.6 Å². The van der Waals surface area contributed by atoms with E-state index in [1.807, 2.05) is 11.0 Å². The van der Waals surface area contributed by atoms with E-state index in [0.717, 1.165) is 68.6 Å². The Kier molecular flexibility index (Phi) is 10.7. The van der Waals surface area contributed by atoms with Crippen molar-refractivity contribution in [1.82, 2.24) is 24.9 Å². The average Bonchev–Trinajstić information content (AvgIpc) is 3.49. The number of amides is 5. The summed E-state index contributed by atoms with van der Waals surface area (Å²) in [6.07, 6.45) is 5.72. The Morgan fingerprint density at radius 3 is 2.22 bits per heavy atom. The summed E-state index contributed by atoms with van der Waals surface area (Å²) in [5.41, 5.74) is 6.09. The molecule has 3 aromatic rings. The Morgan fingerprint density at radius 2 is 1.57 bits per heavy atom. The second-order valence-corrected chi connectivity index (χ2v) is 17.3. The number of aromatic nitrogens is 2. The summed E-state index contributed by atoms with van der Waals surface area (Å²) in [7, 11) is 0. The molecule has 7 heterocycles. The molecular formula is C43H45ClFN9O6. The lowest BCUT2D eigenvalue weighted by molar-refractivity contribution is -0.155. The fourth-order valence-electron chi connectivity index (χ4n) is 10.2. The molecule has 2 aromatic carbocycles. The first-order valence-corrected chi connectivity index (χ1v) is 21.2. The van der Waals surface area contributed by atoms with Gasteiger partial charge in [-0.25, -0.2) is 4.39 Å². The molecule has 6 fully saturated rings. The monoisotopic (exact) mass is 837 g/mol. The molecule has 5 amide bonds. The van der Waals surface area contributed by atoms with Crippen LogP contribution in [0.5, 0.6) is 5.75 Å². The number of nitrogens with zero attached hydrogens (tertiary/aromatic N) is 8. The van der Waals surface area contributed by atoms with Gasteiger partial charge in [0.1, 0.15) is 23.7 Å². The third-order valence-electron chi connectivity index (χ3n) is 13.4. The number of fused-ring (bicyclic) bond motifs is 4. The lowest BCUT2D eigenvalue weighted by Crippen LogP contribution is -2.63. The zero-order chi connectivity index (χ0) is 41.8. The van der Waals surface area contributed by atoms with Gasteiger partial charge < -0.3 is 20.3 Å². The molecule has 2 bridgehead atoms. The molecule has 7 aliphatic rings. The predicted octanol–water partition coefficient (Wildman–Crippen LogP) is 4.31. The van der Waals surface area contributed by atoms with Gasteiger partial charge in [-0.2, -0.15) is 5.26 Å². The molecule has 60 heavy (non-hydrogen) atoms. The van der Waals surface area contributed by atoms with E-state index in [1.165, 1.54) is 11.0 Å². The normalized spacial score (nSPS) is 26.1. The maximum absolute atomic E-state index is 16.1. The van der Waals surface area contributed by atoms with E-state index >= 15 is 4.39 Å². The van der Waals surface area contributed by atoms with Crippen LogP contribution in [0.15, 0.2) is 42.5 Å². The van der Waals surface area contributed by atoms with Crippen molar-refractivity contribution < 1.29 is 33.1 Å². The third kappa shape index (κ3) is 7.31. The number of nitriles is 1. The van der Waals surface area contributed by atoms with Crippen LogP contribution in [-0.4, -0.2) is 117 Å². The van der Waals surface area contributed by atoms with Gasteiger partial charge in [0.05, 0.1) is 33.5 Å². The van der Waals surface area contributed by atoms with E-state index in [-0.39, 0.29) is 59.4 Å². The van der Waals surface area contributed by atoms with E-state index in [0.29, 0.717) is 54.5 Å². The molecule has 10 rings (SSSR count). The van der Waals surface area contributed by atoms with E-state index in [9.17, 15) is 24.0 Å².